The fourth-order valence-corrected chi connectivity index (χ4v) is 2.11. The van der Waals surface area contributed by atoms with Gasteiger partial charge in [0.15, 0.2) is 0 Å². The summed E-state index contributed by atoms with van der Waals surface area (Å²) in [5.74, 6) is 7.49. The van der Waals surface area contributed by atoms with E-state index in [1.807, 2.05) is 48.5 Å². The van der Waals surface area contributed by atoms with Crippen LogP contribution in [0.2, 0.25) is 5.02 Å². The molecule has 118 valence electrons. The zero-order valence-electron chi connectivity index (χ0n) is 12.5. The SMILES string of the molecule is NN(CCCOc1ccccc1)CCOc1ccccc1Cl. The molecule has 0 aliphatic carbocycles. The number of ether oxygens (including phenoxy) is 2. The second-order valence-corrected chi connectivity index (χ2v) is 5.24. The van der Waals surface area contributed by atoms with Crippen molar-refractivity contribution >= 4 is 11.6 Å². The van der Waals surface area contributed by atoms with Crippen LogP contribution in [-0.4, -0.2) is 31.3 Å². The fourth-order valence-electron chi connectivity index (χ4n) is 1.92. The molecule has 0 amide bonds. The lowest BCUT2D eigenvalue weighted by Crippen LogP contribution is -2.36. The van der Waals surface area contributed by atoms with E-state index in [0.29, 0.717) is 30.5 Å². The molecule has 4 nitrogen and oxygen atoms in total. The van der Waals surface area contributed by atoms with E-state index < -0.39 is 0 Å². The summed E-state index contributed by atoms with van der Waals surface area (Å²) in [4.78, 5) is 0. The van der Waals surface area contributed by atoms with E-state index in [4.69, 9.17) is 26.9 Å². The molecule has 0 aromatic heterocycles. The molecule has 2 aromatic carbocycles. The van der Waals surface area contributed by atoms with Gasteiger partial charge in [-0.15, -0.1) is 0 Å². The Bertz CT molecular complexity index is 551. The first-order chi connectivity index (χ1) is 10.8. The van der Waals surface area contributed by atoms with Crippen molar-refractivity contribution < 1.29 is 9.47 Å². The van der Waals surface area contributed by atoms with Crippen molar-refractivity contribution in [3.63, 3.8) is 0 Å². The van der Waals surface area contributed by atoms with Gasteiger partial charge < -0.3 is 9.47 Å². The Morgan fingerprint density at radius 2 is 1.59 bits per heavy atom. The highest BCUT2D eigenvalue weighted by Gasteiger charge is 2.02. The van der Waals surface area contributed by atoms with Crippen LogP contribution in [0.3, 0.4) is 0 Å². The van der Waals surface area contributed by atoms with Gasteiger partial charge in [0, 0.05) is 13.1 Å². The molecule has 0 fully saturated rings. The number of halogens is 1. The summed E-state index contributed by atoms with van der Waals surface area (Å²) in [5.41, 5.74) is 0. The maximum absolute atomic E-state index is 6.01. The van der Waals surface area contributed by atoms with E-state index in [9.17, 15) is 0 Å². The molecule has 0 heterocycles. The van der Waals surface area contributed by atoms with Crippen molar-refractivity contribution in [3.8, 4) is 11.5 Å². The quantitative estimate of drug-likeness (QED) is 0.437. The number of hydrogen-bond donors (Lipinski definition) is 1. The van der Waals surface area contributed by atoms with Crippen LogP contribution >= 0.6 is 11.6 Å². The van der Waals surface area contributed by atoms with Gasteiger partial charge in [0.25, 0.3) is 0 Å². The average Bonchev–Trinajstić information content (AvgIpc) is 2.54. The van der Waals surface area contributed by atoms with Gasteiger partial charge >= 0.3 is 0 Å². The number of nitrogens with two attached hydrogens (primary N) is 1. The minimum absolute atomic E-state index is 0.500. The Morgan fingerprint density at radius 1 is 0.864 bits per heavy atom. The molecule has 0 aliphatic rings. The first-order valence-corrected chi connectivity index (χ1v) is 7.68. The van der Waals surface area contributed by atoms with Crippen LogP contribution in [0.25, 0.3) is 0 Å². The zero-order valence-corrected chi connectivity index (χ0v) is 13.2. The normalized spacial score (nSPS) is 10.7. The molecular formula is C17H21ClN2O2. The third-order valence-electron chi connectivity index (χ3n) is 3.07. The second-order valence-electron chi connectivity index (χ2n) is 4.83. The highest BCUT2D eigenvalue weighted by molar-refractivity contribution is 6.32. The van der Waals surface area contributed by atoms with Crippen LogP contribution < -0.4 is 15.3 Å². The lowest BCUT2D eigenvalue weighted by Gasteiger charge is -2.17. The third kappa shape index (κ3) is 5.93. The number of hydrogen-bond acceptors (Lipinski definition) is 4. The Labute approximate surface area is 136 Å². The summed E-state index contributed by atoms with van der Waals surface area (Å²) < 4.78 is 11.2. The lowest BCUT2D eigenvalue weighted by molar-refractivity contribution is 0.196. The number of rotatable bonds is 9. The van der Waals surface area contributed by atoms with E-state index >= 15 is 0 Å². The molecule has 2 aromatic rings. The van der Waals surface area contributed by atoms with E-state index in [0.717, 1.165) is 18.7 Å². The minimum atomic E-state index is 0.500. The molecule has 0 saturated carbocycles. The van der Waals surface area contributed by atoms with Crippen LogP contribution in [0, 0.1) is 0 Å². The predicted molar refractivity (Wildman–Crippen MR) is 89.3 cm³/mol. The highest BCUT2D eigenvalue weighted by Crippen LogP contribution is 2.22. The summed E-state index contributed by atoms with van der Waals surface area (Å²) >= 11 is 6.01. The van der Waals surface area contributed by atoms with Gasteiger partial charge in [-0.05, 0) is 30.7 Å². The molecule has 2 N–H and O–H groups in total. The summed E-state index contributed by atoms with van der Waals surface area (Å²) in [6.07, 6.45) is 0.859. The van der Waals surface area contributed by atoms with Gasteiger partial charge in [-0.2, -0.15) is 0 Å². The Balaban J connectivity index is 1.56. The summed E-state index contributed by atoms with van der Waals surface area (Å²) in [6, 6.07) is 17.2. The van der Waals surface area contributed by atoms with Crippen LogP contribution in [0.4, 0.5) is 0 Å². The first kappa shape index (κ1) is 16.6. The van der Waals surface area contributed by atoms with E-state index in [1.54, 1.807) is 11.1 Å². The molecule has 0 aliphatic heterocycles. The number of benzene rings is 2. The lowest BCUT2D eigenvalue weighted by atomic mass is 10.3. The summed E-state index contributed by atoms with van der Waals surface area (Å²) in [7, 11) is 0. The van der Waals surface area contributed by atoms with Crippen molar-refractivity contribution in [2.24, 2.45) is 5.84 Å². The summed E-state index contributed by atoms with van der Waals surface area (Å²) in [5, 5.41) is 2.34. The Hall–Kier alpha value is -1.75. The standard InChI is InChI=1S/C17H21ClN2O2/c18-16-9-4-5-10-17(16)22-14-12-20(19)11-6-13-21-15-7-2-1-3-8-15/h1-5,7-10H,6,11-14,19H2. The molecule has 0 spiro atoms. The first-order valence-electron chi connectivity index (χ1n) is 7.30. The van der Waals surface area contributed by atoms with Gasteiger partial charge in [-0.25, -0.2) is 5.01 Å². The molecule has 5 heteroatoms. The van der Waals surface area contributed by atoms with E-state index in [2.05, 4.69) is 0 Å². The van der Waals surface area contributed by atoms with Crippen LogP contribution in [0.5, 0.6) is 11.5 Å². The number of nitrogens with zero attached hydrogens (tertiary/aromatic N) is 1. The number of para-hydroxylation sites is 2. The molecule has 0 atom stereocenters. The molecule has 2 rings (SSSR count). The van der Waals surface area contributed by atoms with Crippen LogP contribution in [-0.2, 0) is 0 Å². The van der Waals surface area contributed by atoms with Crippen molar-refractivity contribution in [1.29, 1.82) is 0 Å². The molecule has 22 heavy (non-hydrogen) atoms. The van der Waals surface area contributed by atoms with Gasteiger partial charge in [0.2, 0.25) is 0 Å². The second kappa shape index (κ2) is 9.30. The van der Waals surface area contributed by atoms with Crippen molar-refractivity contribution in [2.75, 3.05) is 26.3 Å². The monoisotopic (exact) mass is 320 g/mol. The highest BCUT2D eigenvalue weighted by atomic mass is 35.5. The minimum Gasteiger partial charge on any atom is -0.494 e. The topological polar surface area (TPSA) is 47.7 Å². The van der Waals surface area contributed by atoms with E-state index in [-0.39, 0.29) is 0 Å². The van der Waals surface area contributed by atoms with Gasteiger partial charge in [0.1, 0.15) is 18.1 Å². The van der Waals surface area contributed by atoms with Crippen molar-refractivity contribution in [2.45, 2.75) is 6.42 Å². The van der Waals surface area contributed by atoms with Gasteiger partial charge in [-0.3, -0.25) is 5.84 Å². The third-order valence-corrected chi connectivity index (χ3v) is 3.39. The van der Waals surface area contributed by atoms with Crippen LogP contribution in [0.1, 0.15) is 6.42 Å². The summed E-state index contributed by atoms with van der Waals surface area (Å²) in [6.45, 7) is 2.53. The maximum Gasteiger partial charge on any atom is 0.137 e. The van der Waals surface area contributed by atoms with Crippen molar-refractivity contribution in [3.05, 3.63) is 59.6 Å². The molecule has 0 bridgehead atoms. The molecule has 0 saturated heterocycles. The largest absolute Gasteiger partial charge is 0.494 e. The predicted octanol–water partition coefficient (Wildman–Crippen LogP) is 3.36. The van der Waals surface area contributed by atoms with Gasteiger partial charge in [-0.1, -0.05) is 41.9 Å². The zero-order chi connectivity index (χ0) is 15.6. The molecule has 0 radical (unpaired) electrons. The van der Waals surface area contributed by atoms with Crippen LogP contribution in [0.15, 0.2) is 54.6 Å². The Kier molecular flexibility index (Phi) is 7.03. The smallest absolute Gasteiger partial charge is 0.137 e. The Morgan fingerprint density at radius 3 is 2.36 bits per heavy atom. The number of hydrazine groups is 1. The average molecular weight is 321 g/mol. The molecule has 0 unspecified atom stereocenters. The fraction of sp³-hybridized carbons (Fsp3) is 0.294. The van der Waals surface area contributed by atoms with E-state index in [1.165, 1.54) is 0 Å². The van der Waals surface area contributed by atoms with Crippen molar-refractivity contribution in [1.82, 2.24) is 5.01 Å². The van der Waals surface area contributed by atoms with Gasteiger partial charge in [0.05, 0.1) is 11.6 Å². The maximum atomic E-state index is 6.01. The molecular weight excluding hydrogens is 300 g/mol.